The fourth-order valence-electron chi connectivity index (χ4n) is 1.89. The standard InChI is InChI=1S/C14H19N3O2S/c1-4-15-14-9-6-11-10-12(7-8-13(11)16-14)20(18,19)17(3)5-2/h6-10H,4-5H2,1-3H3,(H,15,16). The zero-order chi connectivity index (χ0) is 14.8. The Labute approximate surface area is 119 Å². The predicted molar refractivity (Wildman–Crippen MR) is 81.4 cm³/mol. The normalized spacial score (nSPS) is 12.0. The van der Waals surface area contributed by atoms with Crippen LogP contribution in [0.4, 0.5) is 5.82 Å². The summed E-state index contributed by atoms with van der Waals surface area (Å²) < 4.78 is 25.9. The van der Waals surface area contributed by atoms with E-state index in [1.807, 2.05) is 26.0 Å². The lowest BCUT2D eigenvalue weighted by Gasteiger charge is -2.15. The molecule has 0 unspecified atom stereocenters. The summed E-state index contributed by atoms with van der Waals surface area (Å²) in [7, 11) is -1.84. The molecule has 0 fully saturated rings. The van der Waals surface area contributed by atoms with Gasteiger partial charge in [-0.15, -0.1) is 0 Å². The topological polar surface area (TPSA) is 62.3 Å². The van der Waals surface area contributed by atoms with Crippen LogP contribution >= 0.6 is 0 Å². The third kappa shape index (κ3) is 2.76. The van der Waals surface area contributed by atoms with Crippen molar-refractivity contribution in [2.24, 2.45) is 0 Å². The van der Waals surface area contributed by atoms with Crippen LogP contribution in [0, 0.1) is 0 Å². The van der Waals surface area contributed by atoms with Crippen molar-refractivity contribution in [3.05, 3.63) is 30.3 Å². The maximum atomic E-state index is 12.3. The Balaban J connectivity index is 2.47. The van der Waals surface area contributed by atoms with E-state index in [0.717, 1.165) is 23.3 Å². The third-order valence-electron chi connectivity index (χ3n) is 3.17. The first-order valence-electron chi connectivity index (χ1n) is 6.60. The molecule has 0 saturated carbocycles. The van der Waals surface area contributed by atoms with Gasteiger partial charge >= 0.3 is 0 Å². The molecule has 1 aromatic heterocycles. The molecule has 20 heavy (non-hydrogen) atoms. The van der Waals surface area contributed by atoms with Crippen LogP contribution in [0.2, 0.25) is 0 Å². The summed E-state index contributed by atoms with van der Waals surface area (Å²) in [6.45, 7) is 5.05. The Bertz CT molecular complexity index is 713. The lowest BCUT2D eigenvalue weighted by molar-refractivity contribution is 0.486. The van der Waals surface area contributed by atoms with Gasteiger partial charge < -0.3 is 5.32 Å². The number of hydrogen-bond acceptors (Lipinski definition) is 4. The number of pyridine rings is 1. The van der Waals surface area contributed by atoms with E-state index >= 15 is 0 Å². The van der Waals surface area contributed by atoms with Crippen LogP contribution in [0.25, 0.3) is 10.9 Å². The average Bonchev–Trinajstić information content (AvgIpc) is 2.46. The molecule has 0 aliphatic heterocycles. The lowest BCUT2D eigenvalue weighted by Crippen LogP contribution is -2.26. The molecule has 0 bridgehead atoms. The molecule has 0 atom stereocenters. The Morgan fingerprint density at radius 3 is 2.60 bits per heavy atom. The number of benzene rings is 1. The molecule has 1 aromatic carbocycles. The molecule has 1 heterocycles. The quantitative estimate of drug-likeness (QED) is 0.919. The van der Waals surface area contributed by atoms with Crippen LogP contribution in [0.15, 0.2) is 35.2 Å². The van der Waals surface area contributed by atoms with E-state index in [4.69, 9.17) is 0 Å². The molecular formula is C14H19N3O2S. The van der Waals surface area contributed by atoms with Crippen molar-refractivity contribution in [3.8, 4) is 0 Å². The molecule has 2 rings (SSSR count). The smallest absolute Gasteiger partial charge is 0.242 e. The summed E-state index contributed by atoms with van der Waals surface area (Å²) in [6.07, 6.45) is 0. The molecule has 0 aliphatic carbocycles. The van der Waals surface area contributed by atoms with Crippen molar-refractivity contribution in [3.63, 3.8) is 0 Å². The fraction of sp³-hybridized carbons (Fsp3) is 0.357. The molecule has 108 valence electrons. The van der Waals surface area contributed by atoms with E-state index in [1.54, 1.807) is 25.2 Å². The molecular weight excluding hydrogens is 274 g/mol. The highest BCUT2D eigenvalue weighted by atomic mass is 32.2. The van der Waals surface area contributed by atoms with Gasteiger partial charge in [0.15, 0.2) is 0 Å². The maximum Gasteiger partial charge on any atom is 0.242 e. The number of nitrogens with zero attached hydrogens (tertiary/aromatic N) is 2. The highest BCUT2D eigenvalue weighted by Gasteiger charge is 2.19. The molecule has 0 saturated heterocycles. The lowest BCUT2D eigenvalue weighted by atomic mass is 10.2. The van der Waals surface area contributed by atoms with Crippen LogP contribution in [0.5, 0.6) is 0 Å². The molecule has 2 aromatic rings. The maximum absolute atomic E-state index is 12.3. The van der Waals surface area contributed by atoms with Gasteiger partial charge in [0, 0.05) is 25.5 Å². The van der Waals surface area contributed by atoms with Gasteiger partial charge in [0.25, 0.3) is 0 Å². The number of aromatic nitrogens is 1. The largest absolute Gasteiger partial charge is 0.370 e. The number of hydrogen-bond donors (Lipinski definition) is 1. The van der Waals surface area contributed by atoms with Crippen LogP contribution < -0.4 is 5.32 Å². The van der Waals surface area contributed by atoms with Gasteiger partial charge in [0.05, 0.1) is 10.4 Å². The first-order chi connectivity index (χ1) is 9.48. The zero-order valence-corrected chi connectivity index (χ0v) is 12.7. The van der Waals surface area contributed by atoms with Crippen molar-refractivity contribution in [2.45, 2.75) is 18.7 Å². The highest BCUT2D eigenvalue weighted by Crippen LogP contribution is 2.21. The number of rotatable bonds is 5. The Hall–Kier alpha value is -1.66. The predicted octanol–water partition coefficient (Wildman–Crippen LogP) is 2.31. The van der Waals surface area contributed by atoms with Crippen molar-refractivity contribution in [2.75, 3.05) is 25.5 Å². The van der Waals surface area contributed by atoms with Crippen LogP contribution in [-0.2, 0) is 10.0 Å². The van der Waals surface area contributed by atoms with E-state index in [9.17, 15) is 8.42 Å². The van der Waals surface area contributed by atoms with Gasteiger partial charge in [-0.2, -0.15) is 0 Å². The summed E-state index contributed by atoms with van der Waals surface area (Å²) >= 11 is 0. The van der Waals surface area contributed by atoms with Gasteiger partial charge in [-0.1, -0.05) is 6.92 Å². The third-order valence-corrected chi connectivity index (χ3v) is 5.10. The van der Waals surface area contributed by atoms with Crippen molar-refractivity contribution in [1.29, 1.82) is 0 Å². The molecule has 0 radical (unpaired) electrons. The number of fused-ring (bicyclic) bond motifs is 1. The van der Waals surface area contributed by atoms with Crippen molar-refractivity contribution >= 4 is 26.7 Å². The molecule has 6 heteroatoms. The minimum Gasteiger partial charge on any atom is -0.370 e. The molecule has 0 spiro atoms. The van der Waals surface area contributed by atoms with E-state index in [1.165, 1.54) is 4.31 Å². The fourth-order valence-corrected chi connectivity index (χ4v) is 3.11. The van der Waals surface area contributed by atoms with E-state index in [-0.39, 0.29) is 0 Å². The van der Waals surface area contributed by atoms with Gasteiger partial charge in [0.1, 0.15) is 5.82 Å². The summed E-state index contributed by atoms with van der Waals surface area (Å²) in [6, 6.07) is 8.75. The first kappa shape index (κ1) is 14.7. The monoisotopic (exact) mass is 293 g/mol. The van der Waals surface area contributed by atoms with Crippen LogP contribution in [0.1, 0.15) is 13.8 Å². The molecule has 5 nitrogen and oxygen atoms in total. The van der Waals surface area contributed by atoms with E-state index in [2.05, 4.69) is 10.3 Å². The first-order valence-corrected chi connectivity index (χ1v) is 8.04. The Morgan fingerprint density at radius 2 is 1.95 bits per heavy atom. The minimum absolute atomic E-state index is 0.298. The van der Waals surface area contributed by atoms with Gasteiger partial charge in [0.2, 0.25) is 10.0 Å². The Morgan fingerprint density at radius 1 is 1.20 bits per heavy atom. The second-order valence-corrected chi connectivity index (χ2v) is 6.55. The van der Waals surface area contributed by atoms with Crippen molar-refractivity contribution < 1.29 is 8.42 Å². The highest BCUT2D eigenvalue weighted by molar-refractivity contribution is 7.89. The van der Waals surface area contributed by atoms with Gasteiger partial charge in [-0.05, 0) is 37.3 Å². The summed E-state index contributed by atoms with van der Waals surface area (Å²) in [5.41, 5.74) is 0.779. The number of sulfonamides is 1. The van der Waals surface area contributed by atoms with E-state index in [0.29, 0.717) is 11.4 Å². The van der Waals surface area contributed by atoms with Gasteiger partial charge in [-0.3, -0.25) is 0 Å². The average molecular weight is 293 g/mol. The zero-order valence-electron chi connectivity index (χ0n) is 11.9. The van der Waals surface area contributed by atoms with E-state index < -0.39 is 10.0 Å². The number of anilines is 1. The van der Waals surface area contributed by atoms with Crippen LogP contribution in [0.3, 0.4) is 0 Å². The minimum atomic E-state index is -3.41. The SMILES string of the molecule is CCNc1ccc2cc(S(=O)(=O)N(C)CC)ccc2n1. The summed E-state index contributed by atoms with van der Waals surface area (Å²) in [5.74, 6) is 0.793. The Kier molecular flexibility index (Phi) is 4.25. The summed E-state index contributed by atoms with van der Waals surface area (Å²) in [4.78, 5) is 4.73. The molecule has 0 amide bonds. The molecule has 0 aliphatic rings. The molecule has 1 N–H and O–H groups in total. The second-order valence-electron chi connectivity index (χ2n) is 4.50. The number of nitrogens with one attached hydrogen (secondary N) is 1. The second kappa shape index (κ2) is 5.76. The summed E-state index contributed by atoms with van der Waals surface area (Å²) in [5, 5.41) is 3.95. The van der Waals surface area contributed by atoms with Gasteiger partial charge in [-0.25, -0.2) is 17.7 Å². The van der Waals surface area contributed by atoms with Crippen LogP contribution in [-0.4, -0.2) is 37.8 Å². The van der Waals surface area contributed by atoms with Crippen molar-refractivity contribution in [1.82, 2.24) is 9.29 Å².